The van der Waals surface area contributed by atoms with Crippen molar-refractivity contribution < 1.29 is 4.79 Å². The molecule has 1 aromatic carbocycles. The van der Waals surface area contributed by atoms with Crippen LogP contribution in [0.1, 0.15) is 31.6 Å². The molecule has 0 aliphatic carbocycles. The van der Waals surface area contributed by atoms with Gasteiger partial charge >= 0.3 is 0 Å². The Balaban J connectivity index is 1.60. The number of benzene rings is 1. The predicted molar refractivity (Wildman–Crippen MR) is 118 cm³/mol. The number of carbonyl (C=O) groups is 1. The highest BCUT2D eigenvalue weighted by Gasteiger charge is 2.25. The third-order valence-corrected chi connectivity index (χ3v) is 6.72. The zero-order valence-electron chi connectivity index (χ0n) is 17.2. The van der Waals surface area contributed by atoms with E-state index in [9.17, 15) is 9.59 Å². The average molecular weight is 410 g/mol. The predicted octanol–water partition coefficient (Wildman–Crippen LogP) is 4.33. The second kappa shape index (κ2) is 8.11. The number of fused-ring (bicyclic) bond motifs is 1. The van der Waals surface area contributed by atoms with Gasteiger partial charge < -0.3 is 4.90 Å². The minimum absolute atomic E-state index is 0.0635. The monoisotopic (exact) mass is 409 g/mol. The first kappa shape index (κ1) is 19.8. The van der Waals surface area contributed by atoms with Crippen LogP contribution < -0.4 is 5.56 Å². The van der Waals surface area contributed by atoms with Gasteiger partial charge in [0, 0.05) is 36.5 Å². The maximum Gasteiger partial charge on any atom is 0.262 e. The van der Waals surface area contributed by atoms with Crippen molar-refractivity contribution in [2.24, 2.45) is 11.8 Å². The summed E-state index contributed by atoms with van der Waals surface area (Å²) in [4.78, 5) is 34.3. The third kappa shape index (κ3) is 3.99. The Morgan fingerprint density at radius 2 is 1.86 bits per heavy atom. The van der Waals surface area contributed by atoms with E-state index in [0.717, 1.165) is 33.9 Å². The Kier molecular flexibility index (Phi) is 5.54. The number of thiophene rings is 1. The second-order valence-electron chi connectivity index (χ2n) is 8.32. The van der Waals surface area contributed by atoms with E-state index in [0.29, 0.717) is 30.2 Å². The fourth-order valence-corrected chi connectivity index (χ4v) is 5.49. The van der Waals surface area contributed by atoms with Crippen LogP contribution in [-0.2, 0) is 11.3 Å². The number of amides is 1. The molecule has 0 bridgehead atoms. The molecule has 5 nitrogen and oxygen atoms in total. The maximum absolute atomic E-state index is 13.2. The number of piperidine rings is 1. The Morgan fingerprint density at radius 3 is 2.55 bits per heavy atom. The topological polar surface area (TPSA) is 55.2 Å². The largest absolute Gasteiger partial charge is 0.342 e. The van der Waals surface area contributed by atoms with E-state index in [2.05, 4.69) is 18.8 Å². The summed E-state index contributed by atoms with van der Waals surface area (Å²) in [6.07, 6.45) is 3.09. The summed E-state index contributed by atoms with van der Waals surface area (Å²) in [5.41, 5.74) is 1.93. The molecule has 0 saturated carbocycles. The van der Waals surface area contributed by atoms with Gasteiger partial charge in [0.15, 0.2) is 0 Å². The SMILES string of the molecule is Cc1sc2ncn(CCC(=O)N3CC(C)CC(C)C3)c(=O)c2c1-c1ccccc1. The van der Waals surface area contributed by atoms with Crippen molar-refractivity contribution in [1.82, 2.24) is 14.5 Å². The van der Waals surface area contributed by atoms with E-state index in [-0.39, 0.29) is 11.5 Å². The number of nitrogens with zero attached hydrogens (tertiary/aromatic N) is 3. The summed E-state index contributed by atoms with van der Waals surface area (Å²) in [5.74, 6) is 1.19. The molecule has 4 rings (SSSR count). The van der Waals surface area contributed by atoms with Crippen LogP contribution in [0.2, 0.25) is 0 Å². The van der Waals surface area contributed by atoms with Gasteiger partial charge in [-0.05, 0) is 30.7 Å². The van der Waals surface area contributed by atoms with Crippen molar-refractivity contribution in [2.45, 2.75) is 40.2 Å². The average Bonchev–Trinajstić information content (AvgIpc) is 3.04. The lowest BCUT2D eigenvalue weighted by Crippen LogP contribution is -2.43. The molecule has 3 heterocycles. The minimum atomic E-state index is -0.0635. The molecule has 1 saturated heterocycles. The zero-order valence-corrected chi connectivity index (χ0v) is 18.0. The lowest BCUT2D eigenvalue weighted by molar-refractivity contribution is -0.134. The molecule has 2 unspecified atom stereocenters. The maximum atomic E-state index is 13.2. The first-order valence-electron chi connectivity index (χ1n) is 10.3. The van der Waals surface area contributed by atoms with Gasteiger partial charge in [-0.2, -0.15) is 0 Å². The van der Waals surface area contributed by atoms with Crippen LogP contribution >= 0.6 is 11.3 Å². The normalized spacial score (nSPS) is 19.6. The summed E-state index contributed by atoms with van der Waals surface area (Å²) in [5, 5.41) is 0.661. The fourth-order valence-electron chi connectivity index (χ4n) is 4.49. The molecule has 0 radical (unpaired) electrons. The molecular formula is C23H27N3O2S. The van der Waals surface area contributed by atoms with Crippen LogP contribution in [0.15, 0.2) is 41.5 Å². The first-order chi connectivity index (χ1) is 13.9. The van der Waals surface area contributed by atoms with Crippen LogP contribution in [0.4, 0.5) is 0 Å². The lowest BCUT2D eigenvalue weighted by Gasteiger charge is -2.35. The van der Waals surface area contributed by atoms with Crippen LogP contribution in [0, 0.1) is 18.8 Å². The lowest BCUT2D eigenvalue weighted by atomic mass is 9.92. The zero-order chi connectivity index (χ0) is 20.5. The Morgan fingerprint density at radius 1 is 1.17 bits per heavy atom. The van der Waals surface area contributed by atoms with Crippen molar-refractivity contribution >= 4 is 27.5 Å². The molecule has 2 aromatic heterocycles. The number of likely N-dealkylation sites (tertiary alicyclic amines) is 1. The minimum Gasteiger partial charge on any atom is -0.342 e. The summed E-state index contributed by atoms with van der Waals surface area (Å²) < 4.78 is 1.59. The molecular weight excluding hydrogens is 382 g/mol. The van der Waals surface area contributed by atoms with Crippen LogP contribution in [0.3, 0.4) is 0 Å². The fraction of sp³-hybridized carbons (Fsp3) is 0.435. The molecule has 3 aromatic rings. The van der Waals surface area contributed by atoms with Crippen molar-refractivity contribution in [3.05, 3.63) is 51.9 Å². The van der Waals surface area contributed by atoms with Gasteiger partial charge in [-0.25, -0.2) is 4.98 Å². The van der Waals surface area contributed by atoms with E-state index in [1.807, 2.05) is 42.2 Å². The highest BCUT2D eigenvalue weighted by molar-refractivity contribution is 7.19. The summed E-state index contributed by atoms with van der Waals surface area (Å²) in [7, 11) is 0. The van der Waals surface area contributed by atoms with Gasteiger partial charge in [0.1, 0.15) is 4.83 Å². The Labute approximate surface area is 175 Å². The highest BCUT2D eigenvalue weighted by Crippen LogP contribution is 2.35. The van der Waals surface area contributed by atoms with Gasteiger partial charge in [-0.15, -0.1) is 11.3 Å². The van der Waals surface area contributed by atoms with E-state index in [1.54, 1.807) is 22.2 Å². The standard InChI is InChI=1S/C23H27N3O2S/c1-15-11-16(2)13-26(12-15)19(27)9-10-25-14-24-22-21(23(25)28)20(17(3)29-22)18-7-5-4-6-8-18/h4-8,14-16H,9-13H2,1-3H3. The Bertz CT molecular complexity index is 1080. The van der Waals surface area contributed by atoms with Gasteiger partial charge in [0.2, 0.25) is 5.91 Å². The van der Waals surface area contributed by atoms with Gasteiger partial charge in [-0.1, -0.05) is 44.2 Å². The number of hydrogen-bond acceptors (Lipinski definition) is 4. The summed E-state index contributed by atoms with van der Waals surface area (Å²) in [6.45, 7) is 8.42. The number of hydrogen-bond donors (Lipinski definition) is 0. The van der Waals surface area contributed by atoms with Crippen molar-refractivity contribution in [1.29, 1.82) is 0 Å². The van der Waals surface area contributed by atoms with E-state index < -0.39 is 0 Å². The third-order valence-electron chi connectivity index (χ3n) is 5.71. The van der Waals surface area contributed by atoms with Crippen LogP contribution in [0.25, 0.3) is 21.3 Å². The van der Waals surface area contributed by atoms with Gasteiger partial charge in [0.25, 0.3) is 5.56 Å². The van der Waals surface area contributed by atoms with Crippen LogP contribution in [0.5, 0.6) is 0 Å². The van der Waals surface area contributed by atoms with Crippen molar-refractivity contribution in [3.63, 3.8) is 0 Å². The molecule has 0 spiro atoms. The second-order valence-corrected chi connectivity index (χ2v) is 9.52. The van der Waals surface area contributed by atoms with E-state index in [4.69, 9.17) is 0 Å². The number of aromatic nitrogens is 2. The van der Waals surface area contributed by atoms with Crippen molar-refractivity contribution in [2.75, 3.05) is 13.1 Å². The molecule has 29 heavy (non-hydrogen) atoms. The van der Waals surface area contributed by atoms with Crippen molar-refractivity contribution in [3.8, 4) is 11.1 Å². The molecule has 2 atom stereocenters. The quantitative estimate of drug-likeness (QED) is 0.645. The molecule has 1 amide bonds. The molecule has 6 heteroatoms. The molecule has 1 aliphatic rings. The van der Waals surface area contributed by atoms with E-state index in [1.165, 1.54) is 6.42 Å². The first-order valence-corrected chi connectivity index (χ1v) is 11.1. The highest BCUT2D eigenvalue weighted by atomic mass is 32.1. The molecule has 1 fully saturated rings. The summed E-state index contributed by atoms with van der Waals surface area (Å²) >= 11 is 1.54. The van der Waals surface area contributed by atoms with E-state index >= 15 is 0 Å². The van der Waals surface area contributed by atoms with Gasteiger partial charge in [0.05, 0.1) is 11.7 Å². The van der Waals surface area contributed by atoms with Gasteiger partial charge in [-0.3, -0.25) is 14.2 Å². The molecule has 1 aliphatic heterocycles. The Hall–Kier alpha value is -2.47. The smallest absolute Gasteiger partial charge is 0.262 e. The number of carbonyl (C=O) groups excluding carboxylic acids is 1. The molecule has 152 valence electrons. The number of aryl methyl sites for hydroxylation is 2. The summed E-state index contributed by atoms with van der Waals surface area (Å²) in [6, 6.07) is 9.97. The number of rotatable bonds is 4. The van der Waals surface area contributed by atoms with Crippen LogP contribution in [-0.4, -0.2) is 33.4 Å². The molecule has 0 N–H and O–H groups in total.